The molecule has 0 saturated heterocycles. The Bertz CT molecular complexity index is 268. The SMILES string of the molecule is CCCN1N/C=C\C=C(/C)C(C)C1=O. The van der Waals surface area contributed by atoms with Crippen LogP contribution in [0.3, 0.4) is 0 Å². The number of rotatable bonds is 2. The quantitative estimate of drug-likeness (QED) is 0.727. The number of amides is 1. The van der Waals surface area contributed by atoms with Crippen molar-refractivity contribution in [3.05, 3.63) is 23.9 Å². The Labute approximate surface area is 85.4 Å². The van der Waals surface area contributed by atoms with Crippen molar-refractivity contribution in [3.8, 4) is 0 Å². The Morgan fingerprint density at radius 1 is 1.57 bits per heavy atom. The van der Waals surface area contributed by atoms with Gasteiger partial charge in [-0.15, -0.1) is 0 Å². The van der Waals surface area contributed by atoms with Crippen LogP contribution in [-0.2, 0) is 4.79 Å². The van der Waals surface area contributed by atoms with E-state index in [1.807, 2.05) is 26.0 Å². The van der Waals surface area contributed by atoms with Gasteiger partial charge >= 0.3 is 0 Å². The molecule has 0 aromatic heterocycles. The summed E-state index contributed by atoms with van der Waals surface area (Å²) in [7, 11) is 0. The van der Waals surface area contributed by atoms with E-state index in [0.717, 1.165) is 18.5 Å². The van der Waals surface area contributed by atoms with Gasteiger partial charge in [-0.25, -0.2) is 0 Å². The zero-order chi connectivity index (χ0) is 10.6. The highest BCUT2D eigenvalue weighted by molar-refractivity contribution is 5.81. The van der Waals surface area contributed by atoms with Crippen LogP contribution >= 0.6 is 0 Å². The van der Waals surface area contributed by atoms with Gasteiger partial charge < -0.3 is 5.43 Å². The van der Waals surface area contributed by atoms with Gasteiger partial charge in [0.25, 0.3) is 0 Å². The third kappa shape index (κ3) is 2.37. The zero-order valence-electron chi connectivity index (χ0n) is 9.08. The first-order chi connectivity index (χ1) is 6.66. The maximum absolute atomic E-state index is 11.9. The smallest absolute Gasteiger partial charge is 0.247 e. The number of allylic oxidation sites excluding steroid dienone is 2. The normalized spacial score (nSPS) is 28.5. The van der Waals surface area contributed by atoms with Gasteiger partial charge in [-0.05, 0) is 26.3 Å². The van der Waals surface area contributed by atoms with E-state index in [4.69, 9.17) is 0 Å². The van der Waals surface area contributed by atoms with E-state index in [1.165, 1.54) is 0 Å². The van der Waals surface area contributed by atoms with Crippen molar-refractivity contribution in [3.63, 3.8) is 0 Å². The fourth-order valence-corrected chi connectivity index (χ4v) is 1.37. The van der Waals surface area contributed by atoms with E-state index in [9.17, 15) is 4.79 Å². The van der Waals surface area contributed by atoms with E-state index in [0.29, 0.717) is 0 Å². The number of hydrogen-bond donors (Lipinski definition) is 1. The first kappa shape index (κ1) is 10.8. The summed E-state index contributed by atoms with van der Waals surface area (Å²) in [6, 6.07) is 0. The van der Waals surface area contributed by atoms with Crippen LogP contribution in [0, 0.1) is 5.92 Å². The van der Waals surface area contributed by atoms with Crippen molar-refractivity contribution in [2.45, 2.75) is 27.2 Å². The molecule has 1 heterocycles. The summed E-state index contributed by atoms with van der Waals surface area (Å²) in [5, 5.41) is 1.68. The molecule has 0 saturated carbocycles. The van der Waals surface area contributed by atoms with Crippen LogP contribution in [0.4, 0.5) is 0 Å². The molecule has 14 heavy (non-hydrogen) atoms. The lowest BCUT2D eigenvalue weighted by Gasteiger charge is -2.26. The van der Waals surface area contributed by atoms with E-state index in [1.54, 1.807) is 11.2 Å². The first-order valence-corrected chi connectivity index (χ1v) is 5.07. The van der Waals surface area contributed by atoms with Crippen molar-refractivity contribution < 1.29 is 4.79 Å². The lowest BCUT2D eigenvalue weighted by molar-refractivity contribution is -0.136. The van der Waals surface area contributed by atoms with Gasteiger partial charge in [0.1, 0.15) is 0 Å². The van der Waals surface area contributed by atoms with Crippen molar-refractivity contribution >= 4 is 5.91 Å². The highest BCUT2D eigenvalue weighted by Gasteiger charge is 2.21. The Hall–Kier alpha value is -1.25. The van der Waals surface area contributed by atoms with Gasteiger partial charge in [0.2, 0.25) is 5.91 Å². The van der Waals surface area contributed by atoms with Gasteiger partial charge in [0.05, 0.1) is 5.92 Å². The third-order valence-corrected chi connectivity index (χ3v) is 2.45. The van der Waals surface area contributed by atoms with Crippen LogP contribution in [0.1, 0.15) is 27.2 Å². The topological polar surface area (TPSA) is 32.3 Å². The Morgan fingerprint density at radius 2 is 2.29 bits per heavy atom. The van der Waals surface area contributed by atoms with Gasteiger partial charge in [0.15, 0.2) is 0 Å². The summed E-state index contributed by atoms with van der Waals surface area (Å²) in [5.41, 5.74) is 4.09. The standard InChI is InChI=1S/C11H18N2O/c1-4-8-13-11(14)10(3)9(2)6-5-7-12-13/h5-7,10,12H,4,8H2,1-3H3/b7-5-,9-6+. The molecule has 0 radical (unpaired) electrons. The maximum atomic E-state index is 11.9. The molecule has 0 aliphatic carbocycles. The summed E-state index contributed by atoms with van der Waals surface area (Å²) in [6.07, 6.45) is 6.66. The second-order valence-electron chi connectivity index (χ2n) is 3.61. The van der Waals surface area contributed by atoms with E-state index >= 15 is 0 Å². The average molecular weight is 194 g/mol. The summed E-state index contributed by atoms with van der Waals surface area (Å²) in [5.74, 6) is 0.115. The van der Waals surface area contributed by atoms with E-state index < -0.39 is 0 Å². The van der Waals surface area contributed by atoms with Crippen molar-refractivity contribution in [1.29, 1.82) is 0 Å². The van der Waals surface area contributed by atoms with Gasteiger partial charge in [0, 0.05) is 12.7 Å². The summed E-state index contributed by atoms with van der Waals surface area (Å²) in [4.78, 5) is 11.9. The third-order valence-electron chi connectivity index (χ3n) is 2.45. The van der Waals surface area contributed by atoms with Crippen LogP contribution in [0.25, 0.3) is 0 Å². The maximum Gasteiger partial charge on any atom is 0.247 e. The number of hydrogen-bond acceptors (Lipinski definition) is 2. The molecule has 1 aliphatic heterocycles. The second kappa shape index (κ2) is 4.84. The fraction of sp³-hybridized carbons (Fsp3) is 0.545. The molecule has 0 aromatic rings. The van der Waals surface area contributed by atoms with Gasteiger partial charge in [-0.3, -0.25) is 9.80 Å². The van der Waals surface area contributed by atoms with Crippen molar-refractivity contribution in [2.24, 2.45) is 5.92 Å². The first-order valence-electron chi connectivity index (χ1n) is 5.07. The molecule has 0 bridgehead atoms. The van der Waals surface area contributed by atoms with Crippen molar-refractivity contribution in [1.82, 2.24) is 10.4 Å². The number of hydrazine groups is 1. The molecule has 1 amide bonds. The largest absolute Gasteiger partial charge is 0.303 e. The molecular weight excluding hydrogens is 176 g/mol. The summed E-state index contributed by atoms with van der Waals surface area (Å²) in [6.45, 7) is 6.74. The van der Waals surface area contributed by atoms with Crippen LogP contribution < -0.4 is 5.43 Å². The monoisotopic (exact) mass is 194 g/mol. The lowest BCUT2D eigenvalue weighted by Crippen LogP contribution is -2.44. The number of nitrogens with zero attached hydrogens (tertiary/aromatic N) is 1. The Balaban J connectivity index is 2.80. The van der Waals surface area contributed by atoms with E-state index in [2.05, 4.69) is 12.3 Å². The second-order valence-corrected chi connectivity index (χ2v) is 3.61. The summed E-state index contributed by atoms with van der Waals surface area (Å²) >= 11 is 0. The molecule has 1 N–H and O–H groups in total. The number of carbonyl (C=O) groups is 1. The predicted octanol–water partition coefficient (Wildman–Crippen LogP) is 1.84. The minimum Gasteiger partial charge on any atom is -0.303 e. The van der Waals surface area contributed by atoms with E-state index in [-0.39, 0.29) is 11.8 Å². The molecular formula is C11H18N2O. The zero-order valence-corrected chi connectivity index (χ0v) is 9.08. The molecule has 3 heteroatoms. The minimum atomic E-state index is -0.0287. The van der Waals surface area contributed by atoms with Crippen molar-refractivity contribution in [2.75, 3.05) is 6.54 Å². The number of nitrogens with one attached hydrogen (secondary N) is 1. The average Bonchev–Trinajstić information content (AvgIpc) is 2.19. The van der Waals surface area contributed by atoms with Crippen LogP contribution in [-0.4, -0.2) is 17.5 Å². The molecule has 0 aromatic carbocycles. The number of carbonyl (C=O) groups excluding carboxylic acids is 1. The Kier molecular flexibility index (Phi) is 3.74. The fourth-order valence-electron chi connectivity index (χ4n) is 1.37. The minimum absolute atomic E-state index is 0.0287. The molecule has 1 aliphatic rings. The highest BCUT2D eigenvalue weighted by Crippen LogP contribution is 2.14. The predicted molar refractivity (Wildman–Crippen MR) is 57.2 cm³/mol. The molecule has 1 unspecified atom stereocenters. The van der Waals surface area contributed by atoms with Crippen LogP contribution in [0.2, 0.25) is 0 Å². The lowest BCUT2D eigenvalue weighted by atomic mass is 10.0. The molecule has 0 fully saturated rings. The molecule has 78 valence electrons. The molecule has 1 atom stereocenters. The molecule has 1 rings (SSSR count). The Morgan fingerprint density at radius 3 is 2.93 bits per heavy atom. The highest BCUT2D eigenvalue weighted by atomic mass is 16.2. The van der Waals surface area contributed by atoms with Gasteiger partial charge in [-0.1, -0.05) is 18.6 Å². The van der Waals surface area contributed by atoms with Gasteiger partial charge in [-0.2, -0.15) is 0 Å². The molecule has 0 spiro atoms. The summed E-state index contributed by atoms with van der Waals surface area (Å²) < 4.78 is 0. The molecule has 3 nitrogen and oxygen atoms in total. The van der Waals surface area contributed by atoms with Crippen LogP contribution in [0.15, 0.2) is 23.9 Å². The van der Waals surface area contributed by atoms with Crippen LogP contribution in [0.5, 0.6) is 0 Å².